The molecule has 4 nitrogen and oxygen atoms in total. The molecule has 6 heteroatoms. The van der Waals surface area contributed by atoms with Crippen LogP contribution in [-0.2, 0) is 13.5 Å². The van der Waals surface area contributed by atoms with Gasteiger partial charge in [-0.05, 0) is 24.6 Å². The summed E-state index contributed by atoms with van der Waals surface area (Å²) in [4.78, 5) is 12.2. The summed E-state index contributed by atoms with van der Waals surface area (Å²) in [5, 5.41) is 7.55. The molecule has 100 valence electrons. The number of rotatable bonds is 3. The number of nitrogens with zero attached hydrogens (tertiary/aromatic N) is 2. The van der Waals surface area contributed by atoms with Gasteiger partial charge >= 0.3 is 0 Å². The Balaban J connectivity index is 2.27. The van der Waals surface area contributed by atoms with Crippen molar-refractivity contribution in [3.63, 3.8) is 0 Å². The molecule has 2 rings (SSSR count). The monoisotopic (exact) mass is 341 g/mol. The summed E-state index contributed by atoms with van der Waals surface area (Å²) >= 11 is 9.40. The van der Waals surface area contributed by atoms with Crippen LogP contribution in [-0.4, -0.2) is 15.7 Å². The first kappa shape index (κ1) is 14.1. The van der Waals surface area contributed by atoms with Gasteiger partial charge in [0, 0.05) is 17.7 Å². The van der Waals surface area contributed by atoms with Gasteiger partial charge < -0.3 is 5.32 Å². The van der Waals surface area contributed by atoms with Crippen molar-refractivity contribution in [1.29, 1.82) is 0 Å². The molecule has 0 atom stereocenters. The van der Waals surface area contributed by atoms with Crippen molar-refractivity contribution in [2.24, 2.45) is 7.05 Å². The molecule has 0 bridgehead atoms. The highest BCUT2D eigenvalue weighted by Crippen LogP contribution is 2.26. The van der Waals surface area contributed by atoms with Gasteiger partial charge in [0.2, 0.25) is 0 Å². The van der Waals surface area contributed by atoms with Gasteiger partial charge in [0.05, 0.1) is 22.0 Å². The molecule has 2 aromatic rings. The predicted molar refractivity (Wildman–Crippen MR) is 79.7 cm³/mol. The van der Waals surface area contributed by atoms with Gasteiger partial charge in [-0.2, -0.15) is 5.10 Å². The van der Waals surface area contributed by atoms with Crippen LogP contribution in [0.15, 0.2) is 28.9 Å². The van der Waals surface area contributed by atoms with Crippen LogP contribution in [0.2, 0.25) is 5.02 Å². The third-order valence-corrected chi connectivity index (χ3v) is 3.48. The number of benzene rings is 1. The molecule has 0 aliphatic heterocycles. The van der Waals surface area contributed by atoms with E-state index in [0.29, 0.717) is 22.7 Å². The standard InChI is InChI=1S/C13H13BrClN3O/c1-3-11-9(7-18(2)17-11)13(19)16-12-6-8(14)4-5-10(12)15/h4-7H,3H2,1-2H3,(H,16,19). The number of hydrogen-bond donors (Lipinski definition) is 1. The van der Waals surface area contributed by atoms with E-state index >= 15 is 0 Å². The first-order chi connectivity index (χ1) is 9.01. The predicted octanol–water partition coefficient (Wildman–Crippen LogP) is 3.65. The number of carbonyl (C=O) groups is 1. The molecule has 0 unspecified atom stereocenters. The average molecular weight is 343 g/mol. The molecule has 1 aromatic carbocycles. The maximum absolute atomic E-state index is 12.2. The third kappa shape index (κ3) is 3.16. The third-order valence-electron chi connectivity index (χ3n) is 2.66. The summed E-state index contributed by atoms with van der Waals surface area (Å²) in [5.74, 6) is -0.204. The summed E-state index contributed by atoms with van der Waals surface area (Å²) in [5.41, 5.74) is 1.92. The van der Waals surface area contributed by atoms with Crippen molar-refractivity contribution < 1.29 is 4.79 Å². The van der Waals surface area contributed by atoms with Crippen LogP contribution in [0.25, 0.3) is 0 Å². The van der Waals surface area contributed by atoms with Crippen molar-refractivity contribution in [2.45, 2.75) is 13.3 Å². The van der Waals surface area contributed by atoms with E-state index in [-0.39, 0.29) is 5.91 Å². The summed E-state index contributed by atoms with van der Waals surface area (Å²) in [7, 11) is 1.79. The van der Waals surface area contributed by atoms with E-state index in [2.05, 4.69) is 26.3 Å². The van der Waals surface area contributed by atoms with Gasteiger partial charge in [0.1, 0.15) is 0 Å². The molecular formula is C13H13BrClN3O. The quantitative estimate of drug-likeness (QED) is 0.925. The molecule has 1 amide bonds. The second-order valence-corrected chi connectivity index (χ2v) is 5.42. The lowest BCUT2D eigenvalue weighted by Gasteiger charge is -2.07. The van der Waals surface area contributed by atoms with Gasteiger partial charge in [-0.25, -0.2) is 0 Å². The van der Waals surface area contributed by atoms with Gasteiger partial charge in [-0.3, -0.25) is 9.48 Å². The Labute approximate surface area is 124 Å². The first-order valence-electron chi connectivity index (χ1n) is 5.80. The fraction of sp³-hybridized carbons (Fsp3) is 0.231. The smallest absolute Gasteiger partial charge is 0.259 e. The molecule has 1 heterocycles. The zero-order chi connectivity index (χ0) is 14.0. The lowest BCUT2D eigenvalue weighted by atomic mass is 10.2. The van der Waals surface area contributed by atoms with E-state index in [1.54, 1.807) is 30.1 Å². The molecule has 0 saturated carbocycles. The van der Waals surface area contributed by atoms with E-state index in [4.69, 9.17) is 11.6 Å². The molecule has 19 heavy (non-hydrogen) atoms. The Bertz CT molecular complexity index is 624. The van der Waals surface area contributed by atoms with Crippen LogP contribution in [0.1, 0.15) is 23.0 Å². The first-order valence-corrected chi connectivity index (χ1v) is 6.97. The number of aromatic nitrogens is 2. The summed E-state index contributed by atoms with van der Waals surface area (Å²) in [6, 6.07) is 5.31. The Morgan fingerprint density at radius 3 is 2.95 bits per heavy atom. The number of halogens is 2. The lowest BCUT2D eigenvalue weighted by molar-refractivity contribution is 0.102. The largest absolute Gasteiger partial charge is 0.320 e. The van der Waals surface area contributed by atoms with E-state index in [1.807, 2.05) is 13.0 Å². The summed E-state index contributed by atoms with van der Waals surface area (Å²) < 4.78 is 2.49. The summed E-state index contributed by atoms with van der Waals surface area (Å²) in [6.45, 7) is 1.96. The van der Waals surface area contributed by atoms with Crippen LogP contribution in [0.5, 0.6) is 0 Å². The molecular weight excluding hydrogens is 330 g/mol. The van der Waals surface area contributed by atoms with E-state index in [1.165, 1.54) is 0 Å². The van der Waals surface area contributed by atoms with Crippen molar-refractivity contribution in [1.82, 2.24) is 9.78 Å². The molecule has 0 saturated heterocycles. The topological polar surface area (TPSA) is 46.9 Å². The molecule has 0 fully saturated rings. The Hall–Kier alpha value is -1.33. The Morgan fingerprint density at radius 2 is 2.26 bits per heavy atom. The SMILES string of the molecule is CCc1nn(C)cc1C(=O)Nc1cc(Br)ccc1Cl. The van der Waals surface area contributed by atoms with Gasteiger partial charge in [-0.1, -0.05) is 34.5 Å². The average Bonchev–Trinajstić information content (AvgIpc) is 2.75. The maximum Gasteiger partial charge on any atom is 0.259 e. The molecule has 0 aliphatic carbocycles. The molecule has 1 N–H and O–H groups in total. The highest BCUT2D eigenvalue weighted by Gasteiger charge is 2.15. The molecule has 0 spiro atoms. The molecule has 1 aromatic heterocycles. The van der Waals surface area contributed by atoms with Crippen LogP contribution in [0, 0.1) is 0 Å². The minimum Gasteiger partial charge on any atom is -0.320 e. The second kappa shape index (κ2) is 5.75. The fourth-order valence-electron chi connectivity index (χ4n) is 1.77. The minimum absolute atomic E-state index is 0.204. The van der Waals surface area contributed by atoms with Gasteiger partial charge in [0.15, 0.2) is 0 Å². The van der Waals surface area contributed by atoms with Crippen LogP contribution < -0.4 is 5.32 Å². The van der Waals surface area contributed by atoms with Crippen molar-refractivity contribution >= 4 is 39.1 Å². The number of carbonyl (C=O) groups excluding carboxylic acids is 1. The van der Waals surface area contributed by atoms with Crippen LogP contribution in [0.3, 0.4) is 0 Å². The normalized spacial score (nSPS) is 10.5. The second-order valence-electron chi connectivity index (χ2n) is 4.09. The van der Waals surface area contributed by atoms with Gasteiger partial charge in [0.25, 0.3) is 5.91 Å². The number of aryl methyl sites for hydroxylation is 2. The molecule has 0 aliphatic rings. The van der Waals surface area contributed by atoms with Crippen molar-refractivity contribution in [3.05, 3.63) is 45.1 Å². The number of nitrogens with one attached hydrogen (secondary N) is 1. The fourth-order valence-corrected chi connectivity index (χ4v) is 2.29. The van der Waals surface area contributed by atoms with Crippen molar-refractivity contribution in [2.75, 3.05) is 5.32 Å². The molecule has 0 radical (unpaired) electrons. The van der Waals surface area contributed by atoms with Gasteiger partial charge in [-0.15, -0.1) is 0 Å². The summed E-state index contributed by atoms with van der Waals surface area (Å²) in [6.07, 6.45) is 2.41. The van der Waals surface area contributed by atoms with E-state index in [0.717, 1.165) is 10.2 Å². The Morgan fingerprint density at radius 1 is 1.53 bits per heavy atom. The zero-order valence-electron chi connectivity index (χ0n) is 10.6. The lowest BCUT2D eigenvalue weighted by Crippen LogP contribution is -2.13. The number of hydrogen-bond acceptors (Lipinski definition) is 2. The number of anilines is 1. The highest BCUT2D eigenvalue weighted by molar-refractivity contribution is 9.10. The maximum atomic E-state index is 12.2. The van der Waals surface area contributed by atoms with Crippen molar-refractivity contribution in [3.8, 4) is 0 Å². The number of amides is 1. The highest BCUT2D eigenvalue weighted by atomic mass is 79.9. The zero-order valence-corrected chi connectivity index (χ0v) is 12.9. The van der Waals surface area contributed by atoms with Crippen LogP contribution in [0.4, 0.5) is 5.69 Å². The van der Waals surface area contributed by atoms with E-state index < -0.39 is 0 Å². The minimum atomic E-state index is -0.204. The van der Waals surface area contributed by atoms with Crippen LogP contribution >= 0.6 is 27.5 Å². The van der Waals surface area contributed by atoms with E-state index in [9.17, 15) is 4.79 Å². The Kier molecular flexibility index (Phi) is 4.27.